The van der Waals surface area contributed by atoms with Crippen molar-refractivity contribution in [2.75, 3.05) is 12.4 Å². The fraction of sp³-hybridized carbons (Fsp3) is 0.211. The summed E-state index contributed by atoms with van der Waals surface area (Å²) >= 11 is 1.61. The van der Waals surface area contributed by atoms with Crippen LogP contribution in [0, 0.1) is 0 Å². The highest BCUT2D eigenvalue weighted by molar-refractivity contribution is 7.99. The normalized spacial score (nSPS) is 13.4. The van der Waals surface area contributed by atoms with E-state index < -0.39 is 12.1 Å². The molecule has 0 radical (unpaired) electrons. The second kappa shape index (κ2) is 8.24. The van der Waals surface area contributed by atoms with Gasteiger partial charge in [-0.05, 0) is 55.0 Å². The smallest absolute Gasteiger partial charge is 0.412 e. The molecule has 0 aromatic heterocycles. The van der Waals surface area contributed by atoms with Gasteiger partial charge in [0.1, 0.15) is 5.84 Å². The number of hydrogen-bond donors (Lipinski definition) is 3. The molecule has 1 aliphatic heterocycles. The number of carbonyl (C=O) groups excluding carboxylic acids is 2. The van der Waals surface area contributed by atoms with E-state index in [1.165, 1.54) is 7.11 Å². The fourth-order valence-electron chi connectivity index (χ4n) is 2.48. The summed E-state index contributed by atoms with van der Waals surface area (Å²) in [5, 5.41) is 5.37. The molecule has 3 rings (SSSR count). The lowest BCUT2D eigenvalue weighted by Crippen LogP contribution is -2.32. The Bertz CT molecular complexity index is 894. The van der Waals surface area contributed by atoms with Crippen LogP contribution in [0.5, 0.6) is 0 Å². The molecule has 8 heteroatoms. The first-order valence-electron chi connectivity index (χ1n) is 8.34. The second-order valence-electron chi connectivity index (χ2n) is 6.05. The number of amides is 2. The average Bonchev–Trinajstić information content (AvgIpc) is 3.04. The number of benzene rings is 2. The number of aliphatic imine (C=N–C) groups is 1. The van der Waals surface area contributed by atoms with Gasteiger partial charge in [-0.25, -0.2) is 9.79 Å². The number of ether oxygens (including phenoxy) is 1. The van der Waals surface area contributed by atoms with E-state index in [4.69, 9.17) is 5.73 Å². The number of hydrogen-bond acceptors (Lipinski definition) is 6. The van der Waals surface area contributed by atoms with Crippen molar-refractivity contribution in [3.05, 3.63) is 48.0 Å². The predicted molar refractivity (Wildman–Crippen MR) is 106 cm³/mol. The van der Waals surface area contributed by atoms with Crippen LogP contribution in [0.4, 0.5) is 16.2 Å². The van der Waals surface area contributed by atoms with Crippen LogP contribution in [0.25, 0.3) is 0 Å². The first-order valence-corrected chi connectivity index (χ1v) is 9.16. The van der Waals surface area contributed by atoms with Crippen molar-refractivity contribution < 1.29 is 14.3 Å². The molecule has 4 N–H and O–H groups in total. The molecular weight excluding hydrogens is 364 g/mol. The number of fused-ring (bicyclic) bond motifs is 1. The number of rotatable bonds is 4. The topological polar surface area (TPSA) is 106 Å². The Labute approximate surface area is 161 Å². The molecule has 27 heavy (non-hydrogen) atoms. The van der Waals surface area contributed by atoms with Gasteiger partial charge >= 0.3 is 6.09 Å². The second-order valence-corrected chi connectivity index (χ2v) is 7.19. The van der Waals surface area contributed by atoms with E-state index in [-0.39, 0.29) is 5.91 Å². The van der Waals surface area contributed by atoms with E-state index in [0.717, 1.165) is 21.0 Å². The van der Waals surface area contributed by atoms with Crippen molar-refractivity contribution >= 4 is 41.0 Å². The minimum absolute atomic E-state index is 0.217. The molecule has 0 aliphatic carbocycles. The zero-order valence-electron chi connectivity index (χ0n) is 15.0. The maximum Gasteiger partial charge on any atom is 0.412 e. The molecule has 0 spiro atoms. The largest absolute Gasteiger partial charge is 0.453 e. The van der Waals surface area contributed by atoms with Gasteiger partial charge in [0, 0.05) is 21.9 Å². The highest BCUT2D eigenvalue weighted by atomic mass is 32.2. The molecule has 1 unspecified atom stereocenters. The molecule has 0 saturated carbocycles. The Morgan fingerprint density at radius 3 is 2.52 bits per heavy atom. The van der Waals surface area contributed by atoms with Gasteiger partial charge in [0.25, 0.3) is 0 Å². The van der Waals surface area contributed by atoms with E-state index in [2.05, 4.69) is 26.4 Å². The maximum absolute atomic E-state index is 11.6. The number of nitrogens with zero attached hydrogens (tertiary/aromatic N) is 1. The SMILES string of the molecule is COC(=O)NC1=Nc2ccc(Sc3ccc(NC(=O)C(C)N)cc3)cc2C1. The van der Waals surface area contributed by atoms with Crippen molar-refractivity contribution in [1.29, 1.82) is 0 Å². The summed E-state index contributed by atoms with van der Waals surface area (Å²) in [6.07, 6.45) is 0.0357. The third-order valence-electron chi connectivity index (χ3n) is 3.87. The van der Waals surface area contributed by atoms with Crippen LogP contribution in [-0.2, 0) is 16.0 Å². The third kappa shape index (κ3) is 4.87. The van der Waals surface area contributed by atoms with Crippen molar-refractivity contribution in [2.24, 2.45) is 10.7 Å². The molecule has 1 aliphatic rings. The van der Waals surface area contributed by atoms with Gasteiger partial charge in [0.15, 0.2) is 0 Å². The average molecular weight is 384 g/mol. The summed E-state index contributed by atoms with van der Waals surface area (Å²) < 4.78 is 4.59. The van der Waals surface area contributed by atoms with Gasteiger partial charge in [-0.1, -0.05) is 11.8 Å². The molecule has 2 aromatic rings. The van der Waals surface area contributed by atoms with E-state index in [1.54, 1.807) is 18.7 Å². The lowest BCUT2D eigenvalue weighted by atomic mass is 10.1. The van der Waals surface area contributed by atoms with Crippen LogP contribution in [0.1, 0.15) is 12.5 Å². The number of methoxy groups -OCH3 is 1. The lowest BCUT2D eigenvalue weighted by Gasteiger charge is -2.09. The summed E-state index contributed by atoms with van der Waals surface area (Å²) in [7, 11) is 1.32. The summed E-state index contributed by atoms with van der Waals surface area (Å²) in [6.45, 7) is 1.64. The number of nitrogens with one attached hydrogen (secondary N) is 2. The predicted octanol–water partition coefficient (Wildman–Crippen LogP) is 3.07. The minimum Gasteiger partial charge on any atom is -0.453 e. The first kappa shape index (κ1) is 18.9. The first-order chi connectivity index (χ1) is 12.9. The third-order valence-corrected chi connectivity index (χ3v) is 4.86. The summed E-state index contributed by atoms with van der Waals surface area (Å²) in [5.41, 5.74) is 8.16. The molecule has 7 nitrogen and oxygen atoms in total. The molecule has 0 fully saturated rings. The zero-order valence-corrected chi connectivity index (χ0v) is 15.8. The van der Waals surface area contributed by atoms with Crippen molar-refractivity contribution in [2.45, 2.75) is 29.2 Å². The molecule has 140 valence electrons. The zero-order chi connectivity index (χ0) is 19.4. The van der Waals surface area contributed by atoms with E-state index in [1.807, 2.05) is 36.4 Å². The lowest BCUT2D eigenvalue weighted by molar-refractivity contribution is -0.117. The molecule has 1 heterocycles. The molecule has 0 saturated heterocycles. The van der Waals surface area contributed by atoms with Crippen LogP contribution < -0.4 is 16.4 Å². The maximum atomic E-state index is 11.6. The monoisotopic (exact) mass is 384 g/mol. The van der Waals surface area contributed by atoms with Crippen LogP contribution in [0.3, 0.4) is 0 Å². The number of anilines is 1. The number of nitrogens with two attached hydrogens (primary N) is 1. The highest BCUT2D eigenvalue weighted by Crippen LogP contribution is 2.34. The molecule has 2 aromatic carbocycles. The number of carbonyl (C=O) groups is 2. The Hall–Kier alpha value is -2.84. The molecular formula is C19H20N4O3S. The summed E-state index contributed by atoms with van der Waals surface area (Å²) in [4.78, 5) is 29.4. The molecule has 0 bridgehead atoms. The van der Waals surface area contributed by atoms with Gasteiger partial charge in [-0.3, -0.25) is 10.1 Å². The van der Waals surface area contributed by atoms with E-state index in [9.17, 15) is 9.59 Å². The minimum atomic E-state index is -0.550. The van der Waals surface area contributed by atoms with Crippen LogP contribution in [-0.4, -0.2) is 31.0 Å². The highest BCUT2D eigenvalue weighted by Gasteiger charge is 2.17. The van der Waals surface area contributed by atoms with Crippen molar-refractivity contribution in [3.8, 4) is 0 Å². The van der Waals surface area contributed by atoms with Gasteiger partial charge < -0.3 is 15.8 Å². The van der Waals surface area contributed by atoms with Gasteiger partial charge in [-0.2, -0.15) is 0 Å². The van der Waals surface area contributed by atoms with Crippen molar-refractivity contribution in [1.82, 2.24) is 5.32 Å². The molecule has 2 amide bonds. The standard InChI is InChI=1S/C19H20N4O3S/c1-11(20)18(24)21-13-3-5-14(6-4-13)27-15-7-8-16-12(9-15)10-17(22-16)23-19(25)26-2/h3-9,11H,10,20H2,1-2H3,(H,21,24)(H,22,23,25). The van der Waals surface area contributed by atoms with Gasteiger partial charge in [-0.15, -0.1) is 0 Å². The Morgan fingerprint density at radius 2 is 1.85 bits per heavy atom. The van der Waals surface area contributed by atoms with E-state index >= 15 is 0 Å². The van der Waals surface area contributed by atoms with Gasteiger partial charge in [0.05, 0.1) is 18.8 Å². The Balaban J connectivity index is 1.63. The fourth-order valence-corrected chi connectivity index (χ4v) is 3.36. The van der Waals surface area contributed by atoms with Crippen LogP contribution in [0.2, 0.25) is 0 Å². The quantitative estimate of drug-likeness (QED) is 0.751. The number of amidine groups is 1. The van der Waals surface area contributed by atoms with Gasteiger partial charge in [0.2, 0.25) is 5.91 Å². The Kier molecular flexibility index (Phi) is 5.78. The van der Waals surface area contributed by atoms with Crippen molar-refractivity contribution in [3.63, 3.8) is 0 Å². The number of alkyl carbamates (subject to hydrolysis) is 1. The summed E-state index contributed by atoms with van der Waals surface area (Å²) in [6, 6.07) is 13.0. The molecule has 1 atom stereocenters. The van der Waals surface area contributed by atoms with E-state index in [0.29, 0.717) is 17.9 Å². The van der Waals surface area contributed by atoms with Crippen LogP contribution in [0.15, 0.2) is 57.2 Å². The van der Waals surface area contributed by atoms with Crippen LogP contribution >= 0.6 is 11.8 Å². The summed E-state index contributed by atoms with van der Waals surface area (Å²) in [5.74, 6) is 0.360. The Morgan fingerprint density at radius 1 is 1.15 bits per heavy atom.